The summed E-state index contributed by atoms with van der Waals surface area (Å²) in [6.07, 6.45) is 0.263. The molecule has 0 saturated carbocycles. The van der Waals surface area contributed by atoms with Gasteiger partial charge in [0.2, 0.25) is 0 Å². The molecule has 0 saturated heterocycles. The summed E-state index contributed by atoms with van der Waals surface area (Å²) in [5, 5.41) is 8.87. The van der Waals surface area contributed by atoms with Gasteiger partial charge in [0.15, 0.2) is 0 Å². The number of hydrogen-bond donors (Lipinski definition) is 5. The van der Waals surface area contributed by atoms with Crippen LogP contribution < -0.4 is 0 Å². The molecule has 0 aromatic rings. The molecule has 0 aliphatic heterocycles. The largest absolute Gasteiger partial charge is 0.472 e. The molecule has 0 aromatic carbocycles. The molecule has 0 aliphatic rings. The van der Waals surface area contributed by atoms with Crippen molar-refractivity contribution >= 4 is 39.2 Å². The number of aliphatic hydroxyl groups excluding tert-OH is 1. The number of hydrogen-bond acceptors (Lipinski definition) is 9. The Kier molecular flexibility index (Phi) is 14.6. The first-order chi connectivity index (χ1) is 15.3. The van der Waals surface area contributed by atoms with Crippen molar-refractivity contribution in [2.45, 2.75) is 76.2 Å². The van der Waals surface area contributed by atoms with Gasteiger partial charge in [0.25, 0.3) is 0 Å². The number of phosphoric acid groups is 3. The summed E-state index contributed by atoms with van der Waals surface area (Å²) >= 11 is 0. The van der Waals surface area contributed by atoms with E-state index >= 15 is 0 Å². The minimum atomic E-state index is -4.72. The third kappa shape index (κ3) is 15.5. The van der Waals surface area contributed by atoms with Gasteiger partial charge in [-0.15, -0.1) is 0 Å². The van der Waals surface area contributed by atoms with Gasteiger partial charge in [-0.25, -0.2) is 13.7 Å². The van der Waals surface area contributed by atoms with Crippen LogP contribution in [0.25, 0.3) is 0 Å². The van der Waals surface area contributed by atoms with Crippen LogP contribution in [0.2, 0.25) is 11.6 Å². The highest BCUT2D eigenvalue weighted by molar-refractivity contribution is 7.47. The van der Waals surface area contributed by atoms with Crippen LogP contribution in [0.1, 0.15) is 53.4 Å². The van der Waals surface area contributed by atoms with E-state index in [1.54, 1.807) is 13.8 Å². The van der Waals surface area contributed by atoms with E-state index in [1.807, 2.05) is 0 Å². The highest BCUT2D eigenvalue weighted by Crippen LogP contribution is 2.52. The lowest BCUT2D eigenvalue weighted by atomic mass is 9.78. The zero-order chi connectivity index (χ0) is 26.8. The van der Waals surface area contributed by atoms with Crippen LogP contribution in [0, 0.1) is 0 Å². The molecule has 6 atom stereocenters. The predicted molar refractivity (Wildman–Crippen MR) is 124 cm³/mol. The Morgan fingerprint density at radius 2 is 1.26 bits per heavy atom. The van der Waals surface area contributed by atoms with Crippen LogP contribution in [0.5, 0.6) is 0 Å². The lowest BCUT2D eigenvalue weighted by Gasteiger charge is -2.33. The minimum absolute atomic E-state index is 0.0752. The first kappa shape index (κ1) is 34.4. The summed E-state index contributed by atoms with van der Waals surface area (Å²) in [5.74, 6) is -1.78. The van der Waals surface area contributed by atoms with E-state index in [4.69, 9.17) is 48.7 Å². The second kappa shape index (κ2) is 14.4. The zero-order valence-corrected chi connectivity index (χ0v) is 22.5. The maximum absolute atomic E-state index is 12.5. The van der Waals surface area contributed by atoms with Gasteiger partial charge in [0.1, 0.15) is 0 Å². The SMILES string of the molecule is [B]C(CO)COP(=O)(O)OC(C)(CC)CCOP(=O)(O)OC(C)(CC)CC([B])COP(=O)(O)O. The van der Waals surface area contributed by atoms with Crippen molar-refractivity contribution in [3.05, 3.63) is 0 Å². The third-order valence-electron chi connectivity index (χ3n) is 4.89. The molecule has 0 bridgehead atoms. The second-order valence-corrected chi connectivity index (χ2v) is 12.3. The molecule has 0 amide bonds. The van der Waals surface area contributed by atoms with Gasteiger partial charge >= 0.3 is 23.5 Å². The summed E-state index contributed by atoms with van der Waals surface area (Å²) in [4.78, 5) is 37.5. The van der Waals surface area contributed by atoms with Crippen LogP contribution >= 0.6 is 23.5 Å². The van der Waals surface area contributed by atoms with Crippen molar-refractivity contribution < 1.29 is 61.0 Å². The first-order valence-corrected chi connectivity index (χ1v) is 15.0. The molecule has 0 aromatic heterocycles. The Hall–Kier alpha value is 0.420. The van der Waals surface area contributed by atoms with Gasteiger partial charge in [0.05, 0.1) is 46.7 Å². The molecule has 0 spiro atoms. The number of aliphatic hydroxyl groups is 1. The van der Waals surface area contributed by atoms with Gasteiger partial charge in [-0.1, -0.05) is 19.7 Å². The summed E-state index contributed by atoms with van der Waals surface area (Å²) in [5.41, 5.74) is -2.56. The average Bonchev–Trinajstić information content (AvgIpc) is 2.69. The Balaban J connectivity index is 4.92. The predicted octanol–water partition coefficient (Wildman–Crippen LogP) is 2.39. The van der Waals surface area contributed by atoms with Crippen molar-refractivity contribution in [1.82, 2.24) is 0 Å². The highest BCUT2D eigenvalue weighted by Gasteiger charge is 2.38. The monoisotopic (exact) mass is 550 g/mol. The fourth-order valence-electron chi connectivity index (χ4n) is 2.57. The molecular weight excluding hydrogens is 515 g/mol. The van der Waals surface area contributed by atoms with E-state index in [2.05, 4.69) is 4.52 Å². The molecule has 0 fully saturated rings. The second-order valence-electron chi connectivity index (χ2n) is 8.30. The molecule has 0 aliphatic carbocycles. The summed E-state index contributed by atoms with van der Waals surface area (Å²) in [6, 6.07) is 0. The fourth-order valence-corrected chi connectivity index (χ4v) is 5.30. The van der Waals surface area contributed by atoms with Crippen LogP contribution in [0.4, 0.5) is 0 Å². The van der Waals surface area contributed by atoms with Crippen LogP contribution in [-0.2, 0) is 36.3 Å². The van der Waals surface area contributed by atoms with Crippen LogP contribution in [-0.4, -0.2) is 78.0 Å². The standard InChI is InChI=1S/C16H35B2O13P3/c1-5-15(3,30-34(25,26)29-12-14(18)10-19)7-8-27-33(23,24)31-16(4,6-2)9-13(17)11-28-32(20,21)22/h13-14,19H,5-12H2,1-4H3,(H,23,24)(H,25,26)(H2,20,21,22). The smallest absolute Gasteiger partial charge is 0.397 e. The van der Waals surface area contributed by atoms with Crippen LogP contribution in [0.3, 0.4) is 0 Å². The Bertz CT molecular complexity index is 754. The molecule has 18 heteroatoms. The maximum atomic E-state index is 12.5. The molecule has 34 heavy (non-hydrogen) atoms. The van der Waals surface area contributed by atoms with Crippen molar-refractivity contribution in [3.63, 3.8) is 0 Å². The summed E-state index contributed by atoms with van der Waals surface area (Å²) in [7, 11) is -2.68. The Morgan fingerprint density at radius 1 is 0.794 bits per heavy atom. The van der Waals surface area contributed by atoms with Crippen molar-refractivity contribution in [2.75, 3.05) is 26.4 Å². The molecule has 0 rings (SSSR count). The van der Waals surface area contributed by atoms with Gasteiger partial charge in [-0.05, 0) is 38.9 Å². The molecule has 0 heterocycles. The van der Waals surface area contributed by atoms with Gasteiger partial charge < -0.3 is 24.7 Å². The summed E-state index contributed by atoms with van der Waals surface area (Å²) < 4.78 is 59.9. The quantitative estimate of drug-likeness (QED) is 0.116. The zero-order valence-electron chi connectivity index (χ0n) is 19.8. The topological polar surface area (TPSA) is 199 Å². The normalized spacial score (nSPS) is 21.6. The lowest BCUT2D eigenvalue weighted by molar-refractivity contribution is -0.00137. The van der Waals surface area contributed by atoms with Gasteiger partial charge in [-0.3, -0.25) is 22.6 Å². The first-order valence-electron chi connectivity index (χ1n) is 10.5. The Labute approximate surface area is 203 Å². The third-order valence-corrected chi connectivity index (χ3v) is 7.70. The molecule has 4 radical (unpaired) electrons. The lowest BCUT2D eigenvalue weighted by Crippen LogP contribution is -2.31. The molecule has 6 unspecified atom stereocenters. The van der Waals surface area contributed by atoms with E-state index in [1.165, 1.54) is 13.8 Å². The molecule has 13 nitrogen and oxygen atoms in total. The highest BCUT2D eigenvalue weighted by atomic mass is 31.2. The van der Waals surface area contributed by atoms with Crippen molar-refractivity contribution in [2.24, 2.45) is 0 Å². The fraction of sp³-hybridized carbons (Fsp3) is 1.00. The van der Waals surface area contributed by atoms with E-state index in [0.29, 0.717) is 0 Å². The van der Waals surface area contributed by atoms with E-state index in [-0.39, 0.29) is 32.3 Å². The van der Waals surface area contributed by atoms with E-state index < -0.39 is 66.1 Å². The molecule has 198 valence electrons. The number of phosphoric ester groups is 3. The van der Waals surface area contributed by atoms with Crippen LogP contribution in [0.15, 0.2) is 0 Å². The van der Waals surface area contributed by atoms with Crippen molar-refractivity contribution in [1.29, 1.82) is 0 Å². The van der Waals surface area contributed by atoms with Gasteiger partial charge in [-0.2, -0.15) is 0 Å². The van der Waals surface area contributed by atoms with E-state index in [9.17, 15) is 23.5 Å². The van der Waals surface area contributed by atoms with Crippen molar-refractivity contribution in [3.8, 4) is 0 Å². The number of rotatable bonds is 19. The van der Waals surface area contributed by atoms with Gasteiger partial charge in [0, 0.05) is 13.0 Å². The molecular formula is C16H35B2O13P3. The maximum Gasteiger partial charge on any atom is 0.472 e. The summed E-state index contributed by atoms with van der Waals surface area (Å²) in [6.45, 7) is 4.50. The molecule has 5 N–H and O–H groups in total. The Morgan fingerprint density at radius 3 is 1.74 bits per heavy atom. The average molecular weight is 550 g/mol. The van der Waals surface area contributed by atoms with E-state index in [0.717, 1.165) is 0 Å². The minimum Gasteiger partial charge on any atom is -0.397 e.